The molecule has 146 valence electrons. The highest BCUT2D eigenvalue weighted by molar-refractivity contribution is 9.10. The van der Waals surface area contributed by atoms with Crippen LogP contribution in [0.5, 0.6) is 5.75 Å². The third-order valence-electron chi connectivity index (χ3n) is 3.61. The van der Waals surface area contributed by atoms with Gasteiger partial charge in [-0.05, 0) is 60.7 Å². The van der Waals surface area contributed by atoms with Gasteiger partial charge in [0.2, 0.25) is 5.82 Å². The molecule has 0 fully saturated rings. The van der Waals surface area contributed by atoms with E-state index < -0.39 is 18.3 Å². The molecule has 0 spiro atoms. The number of rotatable bonds is 5. The van der Waals surface area contributed by atoms with E-state index >= 15 is 0 Å². The standard InChI is InChI=1S/C17H13BrF3N5O2/c1-10(26-24-15(23-25-26)11-2-4-12(18)5-3-11)16(27)22-13-6-8-14(9-7-13)28-17(19,20)21/h2-10H,1H3,(H,22,27)/t10-/m1/s1. The number of ether oxygens (including phenoxy) is 1. The molecule has 2 aromatic carbocycles. The number of alkyl halides is 3. The van der Waals surface area contributed by atoms with Gasteiger partial charge in [-0.15, -0.1) is 23.4 Å². The summed E-state index contributed by atoms with van der Waals surface area (Å²) in [5, 5.41) is 14.6. The van der Waals surface area contributed by atoms with Crippen LogP contribution in [0.2, 0.25) is 0 Å². The third-order valence-corrected chi connectivity index (χ3v) is 4.14. The van der Waals surface area contributed by atoms with E-state index in [0.717, 1.165) is 27.0 Å². The molecule has 3 rings (SSSR count). The Balaban J connectivity index is 1.65. The lowest BCUT2D eigenvalue weighted by Gasteiger charge is -2.12. The van der Waals surface area contributed by atoms with Crippen molar-refractivity contribution in [2.75, 3.05) is 5.32 Å². The number of benzene rings is 2. The number of amides is 1. The van der Waals surface area contributed by atoms with Gasteiger partial charge >= 0.3 is 6.36 Å². The van der Waals surface area contributed by atoms with Gasteiger partial charge in [-0.2, -0.15) is 4.80 Å². The third kappa shape index (κ3) is 5.06. The fraction of sp³-hybridized carbons (Fsp3) is 0.176. The van der Waals surface area contributed by atoms with Gasteiger partial charge in [0.15, 0.2) is 0 Å². The SMILES string of the molecule is C[C@H](C(=O)Nc1ccc(OC(F)(F)F)cc1)n1nnc(-c2ccc(Br)cc2)n1. The molecule has 28 heavy (non-hydrogen) atoms. The molecule has 3 aromatic rings. The van der Waals surface area contributed by atoms with Crippen molar-refractivity contribution in [3.63, 3.8) is 0 Å². The number of tetrazole rings is 1. The van der Waals surface area contributed by atoms with Crippen molar-refractivity contribution >= 4 is 27.5 Å². The average molecular weight is 456 g/mol. The highest BCUT2D eigenvalue weighted by atomic mass is 79.9. The fourth-order valence-corrected chi connectivity index (χ4v) is 2.46. The molecular formula is C17H13BrF3N5O2. The van der Waals surface area contributed by atoms with Gasteiger partial charge in [-0.1, -0.05) is 15.9 Å². The molecule has 0 aliphatic carbocycles. The summed E-state index contributed by atoms with van der Waals surface area (Å²) in [4.78, 5) is 13.5. The minimum absolute atomic E-state index is 0.305. The lowest BCUT2D eigenvalue weighted by molar-refractivity contribution is -0.274. The van der Waals surface area contributed by atoms with Crippen LogP contribution in [0.25, 0.3) is 11.4 Å². The van der Waals surface area contributed by atoms with Gasteiger partial charge in [0.05, 0.1) is 0 Å². The van der Waals surface area contributed by atoms with Gasteiger partial charge in [0.1, 0.15) is 11.8 Å². The first-order valence-electron chi connectivity index (χ1n) is 7.93. The second-order valence-electron chi connectivity index (χ2n) is 5.68. The maximum absolute atomic E-state index is 12.4. The van der Waals surface area contributed by atoms with Crippen molar-refractivity contribution in [3.8, 4) is 17.1 Å². The molecular weight excluding hydrogens is 443 g/mol. The van der Waals surface area contributed by atoms with E-state index in [0.29, 0.717) is 11.5 Å². The van der Waals surface area contributed by atoms with E-state index in [2.05, 4.69) is 41.4 Å². The van der Waals surface area contributed by atoms with Crippen LogP contribution in [0.15, 0.2) is 53.0 Å². The summed E-state index contributed by atoms with van der Waals surface area (Å²) in [6.45, 7) is 1.57. The van der Waals surface area contributed by atoms with Crippen molar-refractivity contribution in [2.24, 2.45) is 0 Å². The molecule has 0 aliphatic heterocycles. The summed E-state index contributed by atoms with van der Waals surface area (Å²) in [6.07, 6.45) is -4.77. The van der Waals surface area contributed by atoms with E-state index in [-0.39, 0.29) is 5.75 Å². The number of nitrogens with one attached hydrogen (secondary N) is 1. The molecule has 0 bridgehead atoms. The lowest BCUT2D eigenvalue weighted by atomic mass is 10.2. The number of nitrogens with zero attached hydrogens (tertiary/aromatic N) is 4. The monoisotopic (exact) mass is 455 g/mol. The van der Waals surface area contributed by atoms with Crippen LogP contribution in [0.4, 0.5) is 18.9 Å². The molecule has 1 amide bonds. The minimum Gasteiger partial charge on any atom is -0.406 e. The Morgan fingerprint density at radius 3 is 2.39 bits per heavy atom. The number of anilines is 1. The Morgan fingerprint density at radius 1 is 1.14 bits per heavy atom. The highest BCUT2D eigenvalue weighted by Gasteiger charge is 2.31. The number of aromatic nitrogens is 4. The smallest absolute Gasteiger partial charge is 0.406 e. The summed E-state index contributed by atoms with van der Waals surface area (Å²) in [5.41, 5.74) is 1.04. The van der Waals surface area contributed by atoms with Crippen molar-refractivity contribution in [1.82, 2.24) is 20.2 Å². The zero-order valence-corrected chi connectivity index (χ0v) is 15.9. The molecule has 0 radical (unpaired) electrons. The number of carbonyl (C=O) groups excluding carboxylic acids is 1. The Kier molecular flexibility index (Phi) is 5.63. The van der Waals surface area contributed by atoms with Crippen LogP contribution < -0.4 is 10.1 Å². The zero-order chi connectivity index (χ0) is 20.3. The Bertz CT molecular complexity index is 958. The molecule has 11 heteroatoms. The van der Waals surface area contributed by atoms with Crippen molar-refractivity contribution in [1.29, 1.82) is 0 Å². The van der Waals surface area contributed by atoms with Crippen LogP contribution in [0, 0.1) is 0 Å². The number of halogens is 4. The Labute approximate surface area is 165 Å². The topological polar surface area (TPSA) is 81.9 Å². The molecule has 0 saturated carbocycles. The molecule has 0 unspecified atom stereocenters. The predicted molar refractivity (Wildman–Crippen MR) is 97.4 cm³/mol. The van der Waals surface area contributed by atoms with Crippen LogP contribution >= 0.6 is 15.9 Å². The summed E-state index contributed by atoms with van der Waals surface area (Å²) in [7, 11) is 0. The van der Waals surface area contributed by atoms with Crippen molar-refractivity contribution < 1.29 is 22.7 Å². The fourth-order valence-electron chi connectivity index (χ4n) is 2.20. The van der Waals surface area contributed by atoms with Gasteiger partial charge < -0.3 is 10.1 Å². The number of hydrogen-bond acceptors (Lipinski definition) is 5. The highest BCUT2D eigenvalue weighted by Crippen LogP contribution is 2.24. The maximum atomic E-state index is 12.4. The minimum atomic E-state index is -4.77. The summed E-state index contributed by atoms with van der Waals surface area (Å²) in [6, 6.07) is 11.3. The van der Waals surface area contributed by atoms with E-state index in [1.54, 1.807) is 19.1 Å². The first kappa shape index (κ1) is 19.8. The molecule has 7 nitrogen and oxygen atoms in total. The second-order valence-corrected chi connectivity index (χ2v) is 6.59. The van der Waals surface area contributed by atoms with Crippen LogP contribution in [0.3, 0.4) is 0 Å². The molecule has 0 saturated heterocycles. The van der Waals surface area contributed by atoms with E-state index in [9.17, 15) is 18.0 Å². The summed E-state index contributed by atoms with van der Waals surface area (Å²) < 4.78 is 41.2. The second kappa shape index (κ2) is 7.97. The van der Waals surface area contributed by atoms with Crippen LogP contribution in [0.1, 0.15) is 13.0 Å². The van der Waals surface area contributed by atoms with Crippen molar-refractivity contribution in [2.45, 2.75) is 19.3 Å². The Hall–Kier alpha value is -2.95. The van der Waals surface area contributed by atoms with E-state index in [1.807, 2.05) is 12.1 Å². The van der Waals surface area contributed by atoms with Crippen LogP contribution in [-0.2, 0) is 4.79 Å². The maximum Gasteiger partial charge on any atom is 0.573 e. The molecule has 1 heterocycles. The number of carbonyl (C=O) groups is 1. The first-order valence-corrected chi connectivity index (χ1v) is 8.73. The Morgan fingerprint density at radius 2 is 1.79 bits per heavy atom. The largest absolute Gasteiger partial charge is 0.573 e. The van der Waals surface area contributed by atoms with Crippen molar-refractivity contribution in [3.05, 3.63) is 53.0 Å². The van der Waals surface area contributed by atoms with Gasteiger partial charge in [0.25, 0.3) is 5.91 Å². The average Bonchev–Trinajstić information content (AvgIpc) is 3.12. The van der Waals surface area contributed by atoms with Gasteiger partial charge in [-0.25, -0.2) is 0 Å². The predicted octanol–water partition coefficient (Wildman–Crippen LogP) is 4.20. The van der Waals surface area contributed by atoms with E-state index in [1.165, 1.54) is 12.1 Å². The quantitative estimate of drug-likeness (QED) is 0.623. The van der Waals surface area contributed by atoms with Crippen LogP contribution in [-0.4, -0.2) is 32.5 Å². The zero-order valence-electron chi connectivity index (χ0n) is 14.3. The molecule has 0 aliphatic rings. The first-order chi connectivity index (χ1) is 13.2. The summed E-state index contributed by atoms with van der Waals surface area (Å²) >= 11 is 3.34. The molecule has 1 aromatic heterocycles. The van der Waals surface area contributed by atoms with E-state index in [4.69, 9.17) is 0 Å². The molecule has 1 atom stereocenters. The molecule has 1 N–H and O–H groups in total. The normalized spacial score (nSPS) is 12.5. The van der Waals surface area contributed by atoms with Gasteiger partial charge in [0, 0.05) is 15.7 Å². The lowest BCUT2D eigenvalue weighted by Crippen LogP contribution is -2.25. The summed E-state index contributed by atoms with van der Waals surface area (Å²) in [5.74, 6) is -0.472. The number of hydrogen-bond donors (Lipinski definition) is 1. The van der Waals surface area contributed by atoms with Gasteiger partial charge in [-0.3, -0.25) is 4.79 Å².